The van der Waals surface area contributed by atoms with Gasteiger partial charge in [0.05, 0.1) is 0 Å². The lowest BCUT2D eigenvalue weighted by molar-refractivity contribution is -0.139. The molecule has 1 atom stereocenters. The molecule has 1 aromatic heterocycles. The van der Waals surface area contributed by atoms with E-state index in [1.165, 1.54) is 5.56 Å². The van der Waals surface area contributed by atoms with Crippen LogP contribution in [0.15, 0.2) is 79.0 Å². The fraction of sp³-hybridized carbons (Fsp3) is 0.192. The molecule has 3 N–H and O–H groups in total. The second-order valence-electron chi connectivity index (χ2n) is 7.69. The molecular formula is C26H26N2O3. The van der Waals surface area contributed by atoms with Crippen LogP contribution in [0.2, 0.25) is 0 Å². The number of aryl methyl sites for hydroxylation is 1. The number of benzene rings is 3. The van der Waals surface area contributed by atoms with Gasteiger partial charge in [-0.3, -0.25) is 4.79 Å². The lowest BCUT2D eigenvalue weighted by Crippen LogP contribution is -2.38. The van der Waals surface area contributed by atoms with Crippen LogP contribution in [-0.2, 0) is 24.4 Å². The SMILES string of the molecule is Cc1ccccc1COc1ccc(CN[C@@H](Cc2c[nH]c3ccccc23)C(=O)O)cc1. The Balaban J connectivity index is 1.34. The number of H-pyrrole nitrogens is 1. The summed E-state index contributed by atoms with van der Waals surface area (Å²) in [5.41, 5.74) is 5.39. The number of hydrogen-bond donors (Lipinski definition) is 3. The maximum atomic E-state index is 11.8. The van der Waals surface area contributed by atoms with Crippen molar-refractivity contribution in [2.45, 2.75) is 32.5 Å². The van der Waals surface area contributed by atoms with Gasteiger partial charge in [0, 0.05) is 30.1 Å². The first kappa shape index (κ1) is 20.7. The monoisotopic (exact) mass is 414 g/mol. The molecule has 31 heavy (non-hydrogen) atoms. The summed E-state index contributed by atoms with van der Waals surface area (Å²) in [6, 6.07) is 23.2. The van der Waals surface area contributed by atoms with Crippen LogP contribution < -0.4 is 10.1 Å². The normalized spacial score (nSPS) is 12.0. The summed E-state index contributed by atoms with van der Waals surface area (Å²) in [5, 5.41) is 13.9. The summed E-state index contributed by atoms with van der Waals surface area (Å²) < 4.78 is 5.88. The molecule has 0 saturated heterocycles. The first-order valence-corrected chi connectivity index (χ1v) is 10.4. The van der Waals surface area contributed by atoms with Crippen LogP contribution in [0.4, 0.5) is 0 Å². The molecule has 0 aliphatic heterocycles. The third-order valence-electron chi connectivity index (χ3n) is 5.53. The van der Waals surface area contributed by atoms with Crippen LogP contribution in [0.5, 0.6) is 5.75 Å². The van der Waals surface area contributed by atoms with Crippen LogP contribution in [0.25, 0.3) is 10.9 Å². The molecule has 4 aromatic rings. The summed E-state index contributed by atoms with van der Waals surface area (Å²) in [7, 11) is 0. The van der Waals surface area contributed by atoms with E-state index in [0.717, 1.165) is 33.3 Å². The number of carbonyl (C=O) groups is 1. The van der Waals surface area contributed by atoms with Gasteiger partial charge in [-0.05, 0) is 47.4 Å². The smallest absolute Gasteiger partial charge is 0.321 e. The average Bonchev–Trinajstić information content (AvgIpc) is 3.19. The molecule has 5 heteroatoms. The van der Waals surface area contributed by atoms with Crippen LogP contribution in [0.3, 0.4) is 0 Å². The molecule has 3 aromatic carbocycles. The van der Waals surface area contributed by atoms with Crippen molar-refractivity contribution >= 4 is 16.9 Å². The van der Waals surface area contributed by atoms with Gasteiger partial charge in [-0.25, -0.2) is 0 Å². The van der Waals surface area contributed by atoms with Gasteiger partial charge in [-0.2, -0.15) is 0 Å². The number of nitrogens with one attached hydrogen (secondary N) is 2. The molecule has 0 aliphatic carbocycles. The van der Waals surface area contributed by atoms with E-state index < -0.39 is 12.0 Å². The molecule has 5 nitrogen and oxygen atoms in total. The Kier molecular flexibility index (Phi) is 6.34. The first-order chi connectivity index (χ1) is 15.1. The van der Waals surface area contributed by atoms with E-state index in [2.05, 4.69) is 29.4 Å². The van der Waals surface area contributed by atoms with E-state index in [9.17, 15) is 9.90 Å². The average molecular weight is 415 g/mol. The minimum Gasteiger partial charge on any atom is -0.489 e. The number of aromatic nitrogens is 1. The Labute approximate surface area is 181 Å². The third kappa shape index (κ3) is 5.13. The number of fused-ring (bicyclic) bond motifs is 1. The summed E-state index contributed by atoms with van der Waals surface area (Å²) in [4.78, 5) is 15.0. The third-order valence-corrected chi connectivity index (χ3v) is 5.53. The van der Waals surface area contributed by atoms with Gasteiger partial charge in [0.2, 0.25) is 0 Å². The predicted octanol–water partition coefficient (Wildman–Crippen LogP) is 4.84. The zero-order valence-corrected chi connectivity index (χ0v) is 17.5. The van der Waals surface area contributed by atoms with Crippen molar-refractivity contribution in [1.82, 2.24) is 10.3 Å². The van der Waals surface area contributed by atoms with Crippen LogP contribution in [-0.4, -0.2) is 22.1 Å². The standard InChI is InChI=1S/C26H26N2O3/c1-18-6-2-3-7-20(18)17-31-22-12-10-19(11-13-22)15-27-25(26(29)30)14-21-16-28-24-9-5-4-8-23(21)24/h2-13,16,25,27-28H,14-15,17H2,1H3,(H,29,30)/t25-/m0/s1. The number of rotatable bonds is 9. The Morgan fingerprint density at radius 2 is 1.74 bits per heavy atom. The van der Waals surface area contributed by atoms with E-state index in [-0.39, 0.29) is 0 Å². The summed E-state index contributed by atoms with van der Waals surface area (Å²) in [6.45, 7) is 3.07. The highest BCUT2D eigenvalue weighted by Crippen LogP contribution is 2.20. The quantitative estimate of drug-likeness (QED) is 0.366. The number of ether oxygens (including phenoxy) is 1. The molecule has 0 aliphatic rings. The van der Waals surface area contributed by atoms with Crippen molar-refractivity contribution < 1.29 is 14.6 Å². The predicted molar refractivity (Wildman–Crippen MR) is 122 cm³/mol. The number of aliphatic carboxylic acids is 1. The molecular weight excluding hydrogens is 388 g/mol. The number of aromatic amines is 1. The van der Waals surface area contributed by atoms with Gasteiger partial charge < -0.3 is 20.1 Å². The van der Waals surface area contributed by atoms with Gasteiger partial charge in [-0.15, -0.1) is 0 Å². The second-order valence-corrected chi connectivity index (χ2v) is 7.69. The van der Waals surface area contributed by atoms with Crippen molar-refractivity contribution in [2.75, 3.05) is 0 Å². The van der Waals surface area contributed by atoms with Gasteiger partial charge in [-0.1, -0.05) is 54.6 Å². The molecule has 4 rings (SSSR count). The molecule has 158 valence electrons. The summed E-state index contributed by atoms with van der Waals surface area (Å²) in [6.07, 6.45) is 2.31. The van der Waals surface area contributed by atoms with Crippen LogP contribution >= 0.6 is 0 Å². The first-order valence-electron chi connectivity index (χ1n) is 10.4. The van der Waals surface area contributed by atoms with Crippen LogP contribution in [0, 0.1) is 6.92 Å². The van der Waals surface area contributed by atoms with E-state index in [1.807, 2.05) is 66.9 Å². The maximum Gasteiger partial charge on any atom is 0.321 e. The maximum absolute atomic E-state index is 11.8. The molecule has 0 amide bonds. The highest BCUT2D eigenvalue weighted by atomic mass is 16.5. The van der Waals surface area contributed by atoms with Crippen molar-refractivity contribution in [2.24, 2.45) is 0 Å². The summed E-state index contributed by atoms with van der Waals surface area (Å²) >= 11 is 0. The van der Waals surface area contributed by atoms with Gasteiger partial charge in [0.15, 0.2) is 0 Å². The Morgan fingerprint density at radius 3 is 2.52 bits per heavy atom. The molecule has 0 unspecified atom stereocenters. The van der Waals surface area contributed by atoms with E-state index >= 15 is 0 Å². The fourth-order valence-corrected chi connectivity index (χ4v) is 3.64. The Hall–Kier alpha value is -3.57. The number of para-hydroxylation sites is 1. The largest absolute Gasteiger partial charge is 0.489 e. The zero-order chi connectivity index (χ0) is 21.6. The number of carboxylic acids is 1. The Bertz CT molecular complexity index is 1160. The zero-order valence-electron chi connectivity index (χ0n) is 17.5. The summed E-state index contributed by atoms with van der Waals surface area (Å²) in [5.74, 6) is -0.0657. The van der Waals surface area contributed by atoms with Crippen molar-refractivity contribution in [3.8, 4) is 5.75 Å². The van der Waals surface area contributed by atoms with Gasteiger partial charge in [0.25, 0.3) is 0 Å². The van der Waals surface area contributed by atoms with E-state index in [4.69, 9.17) is 4.74 Å². The van der Waals surface area contributed by atoms with Gasteiger partial charge >= 0.3 is 5.97 Å². The van der Waals surface area contributed by atoms with Crippen LogP contribution in [0.1, 0.15) is 22.3 Å². The van der Waals surface area contributed by atoms with E-state index in [1.54, 1.807) is 0 Å². The van der Waals surface area contributed by atoms with Gasteiger partial charge in [0.1, 0.15) is 18.4 Å². The highest BCUT2D eigenvalue weighted by molar-refractivity contribution is 5.84. The molecule has 1 heterocycles. The fourth-order valence-electron chi connectivity index (χ4n) is 3.64. The minimum absolute atomic E-state index is 0.414. The lowest BCUT2D eigenvalue weighted by atomic mass is 10.0. The molecule has 0 spiro atoms. The molecule has 0 radical (unpaired) electrons. The van der Waals surface area contributed by atoms with E-state index in [0.29, 0.717) is 19.6 Å². The molecule has 0 saturated carbocycles. The Morgan fingerprint density at radius 1 is 1.00 bits per heavy atom. The number of carboxylic acid groups (broad SMARTS) is 1. The molecule has 0 bridgehead atoms. The minimum atomic E-state index is -0.858. The highest BCUT2D eigenvalue weighted by Gasteiger charge is 2.19. The van der Waals surface area contributed by atoms with Crippen molar-refractivity contribution in [3.05, 3.63) is 101 Å². The number of hydrogen-bond acceptors (Lipinski definition) is 3. The lowest BCUT2D eigenvalue weighted by Gasteiger charge is -2.15. The second kappa shape index (κ2) is 9.49. The molecule has 0 fully saturated rings. The van der Waals surface area contributed by atoms with Crippen molar-refractivity contribution in [1.29, 1.82) is 0 Å². The topological polar surface area (TPSA) is 74.3 Å². The van der Waals surface area contributed by atoms with Crippen molar-refractivity contribution in [3.63, 3.8) is 0 Å².